The molecule has 10 nitrogen and oxygen atoms in total. The normalized spacial score (nSPS) is 37.3. The molecule has 10 heteroatoms. The highest BCUT2D eigenvalue weighted by Crippen LogP contribution is 2.52. The van der Waals surface area contributed by atoms with Crippen LogP contribution in [0, 0.1) is 0 Å². The first kappa shape index (κ1) is 27.4. The van der Waals surface area contributed by atoms with Gasteiger partial charge in [-0.25, -0.2) is 9.59 Å². The average Bonchev–Trinajstić information content (AvgIpc) is 2.84. The number of aliphatic hydroxyl groups is 2. The Labute approximate surface area is 215 Å². The largest absolute Gasteiger partial charge is 0.437 e. The van der Waals surface area contributed by atoms with Crippen molar-refractivity contribution in [3.63, 3.8) is 0 Å². The van der Waals surface area contributed by atoms with Crippen LogP contribution in [-0.2, 0) is 9.47 Å². The molecule has 4 fully saturated rings. The van der Waals surface area contributed by atoms with Crippen LogP contribution < -0.4 is 10.6 Å². The van der Waals surface area contributed by atoms with E-state index in [1.807, 2.05) is 55.4 Å². The van der Waals surface area contributed by atoms with Crippen LogP contribution in [0.25, 0.3) is 0 Å². The van der Waals surface area contributed by atoms with E-state index in [9.17, 15) is 19.8 Å². The molecule has 0 bridgehead atoms. The summed E-state index contributed by atoms with van der Waals surface area (Å²) in [5.41, 5.74) is -6.91. The summed E-state index contributed by atoms with van der Waals surface area (Å²) in [5, 5.41) is 30.6. The van der Waals surface area contributed by atoms with Gasteiger partial charge >= 0.3 is 12.2 Å². The molecule has 4 heterocycles. The highest BCUT2D eigenvalue weighted by Gasteiger charge is 2.69. The predicted octanol–water partition coefficient (Wildman–Crippen LogP) is 2.67. The Bertz CT molecular complexity index is 846. The first-order chi connectivity index (χ1) is 16.0. The molecule has 4 saturated heterocycles. The van der Waals surface area contributed by atoms with Crippen LogP contribution in [0.5, 0.6) is 0 Å². The van der Waals surface area contributed by atoms with E-state index in [1.54, 1.807) is 13.8 Å². The maximum Gasteiger partial charge on any atom is 0.412 e. The molecule has 0 saturated carbocycles. The molecule has 2 unspecified atom stereocenters. The van der Waals surface area contributed by atoms with Crippen molar-refractivity contribution in [1.29, 1.82) is 0 Å². The van der Waals surface area contributed by atoms with Gasteiger partial charge in [-0.05, 0) is 69.2 Å². The summed E-state index contributed by atoms with van der Waals surface area (Å²) in [4.78, 5) is 28.8. The van der Waals surface area contributed by atoms with Gasteiger partial charge in [0, 0.05) is 60.9 Å². The van der Waals surface area contributed by atoms with Gasteiger partial charge in [0.15, 0.2) is 22.7 Å². The van der Waals surface area contributed by atoms with Crippen LogP contribution in [0.3, 0.4) is 0 Å². The van der Waals surface area contributed by atoms with Crippen molar-refractivity contribution in [3.05, 3.63) is 0 Å². The number of amides is 2. The Balaban J connectivity index is 1.57. The zero-order valence-corrected chi connectivity index (χ0v) is 23.7. The maximum absolute atomic E-state index is 13.1. The second-order valence-corrected chi connectivity index (χ2v) is 14.6. The van der Waals surface area contributed by atoms with Crippen LogP contribution in [0.15, 0.2) is 0 Å². The van der Waals surface area contributed by atoms with Crippen molar-refractivity contribution in [2.45, 2.75) is 140 Å². The number of hydrogen-bond donors (Lipinski definition) is 4. The van der Waals surface area contributed by atoms with Crippen molar-refractivity contribution >= 4 is 12.2 Å². The fraction of sp³-hybridized carbons (Fsp3) is 0.923. The lowest BCUT2D eigenvalue weighted by atomic mass is 9.68. The highest BCUT2D eigenvalue weighted by atomic mass is 16.6. The third kappa shape index (κ3) is 4.18. The van der Waals surface area contributed by atoms with E-state index in [-0.39, 0.29) is 35.2 Å². The van der Waals surface area contributed by atoms with Gasteiger partial charge in [0.25, 0.3) is 0 Å². The molecule has 0 aromatic rings. The summed E-state index contributed by atoms with van der Waals surface area (Å²) in [7, 11) is 0. The molecule has 2 spiro atoms. The summed E-state index contributed by atoms with van der Waals surface area (Å²) in [6, 6.07) is 0. The Hall–Kier alpha value is -1.62. The third-order valence-electron chi connectivity index (χ3n) is 8.59. The fourth-order valence-corrected chi connectivity index (χ4v) is 8.11. The van der Waals surface area contributed by atoms with E-state index >= 15 is 0 Å². The zero-order chi connectivity index (χ0) is 27.4. The van der Waals surface area contributed by atoms with E-state index in [4.69, 9.17) is 9.47 Å². The molecule has 206 valence electrons. The minimum atomic E-state index is -1.60. The molecule has 2 atom stereocenters. The van der Waals surface area contributed by atoms with E-state index in [2.05, 4.69) is 10.6 Å². The lowest BCUT2D eigenvalue weighted by Crippen LogP contribution is -2.71. The van der Waals surface area contributed by atoms with Crippen LogP contribution in [0.1, 0.15) is 94.9 Å². The quantitative estimate of drug-likeness (QED) is 0.457. The topological polar surface area (TPSA) is 124 Å². The highest BCUT2D eigenvalue weighted by molar-refractivity contribution is 5.74. The first-order valence-electron chi connectivity index (χ1n) is 13.0. The molecule has 2 amide bonds. The number of ether oxygens (including phenoxy) is 2. The van der Waals surface area contributed by atoms with Gasteiger partial charge in [-0.3, -0.25) is 9.80 Å². The summed E-state index contributed by atoms with van der Waals surface area (Å²) in [6.45, 7) is 19.4. The molecular weight excluding hydrogens is 464 g/mol. The Morgan fingerprint density at radius 1 is 0.611 bits per heavy atom. The lowest BCUT2D eigenvalue weighted by Gasteiger charge is -2.54. The van der Waals surface area contributed by atoms with Crippen LogP contribution >= 0.6 is 0 Å². The SMILES string of the molecule is CC1(C)CC2(CC(C)(C)N1)OC(=O)N(CCN1C(=O)OC3(CC(C)(C)NC(C)(C)C3)C1(C)O)C2(C)O. The van der Waals surface area contributed by atoms with Gasteiger partial charge in [-0.15, -0.1) is 0 Å². The fourth-order valence-electron chi connectivity index (χ4n) is 8.11. The number of nitrogens with zero attached hydrogens (tertiary/aromatic N) is 2. The van der Waals surface area contributed by atoms with Gasteiger partial charge in [-0.1, -0.05) is 0 Å². The molecule has 0 radical (unpaired) electrons. The molecule has 0 aromatic heterocycles. The maximum atomic E-state index is 13.1. The molecule has 4 N–H and O–H groups in total. The van der Waals surface area contributed by atoms with Crippen LogP contribution in [0.4, 0.5) is 9.59 Å². The summed E-state index contributed by atoms with van der Waals surface area (Å²) < 4.78 is 11.9. The van der Waals surface area contributed by atoms with Gasteiger partial charge in [0.1, 0.15) is 0 Å². The Morgan fingerprint density at radius 2 is 0.861 bits per heavy atom. The molecule has 36 heavy (non-hydrogen) atoms. The van der Waals surface area contributed by atoms with E-state index in [0.29, 0.717) is 25.7 Å². The minimum absolute atomic E-state index is 0.00572. The van der Waals surface area contributed by atoms with Gasteiger partial charge < -0.3 is 30.3 Å². The van der Waals surface area contributed by atoms with Crippen LogP contribution in [-0.4, -0.2) is 90.1 Å². The van der Waals surface area contributed by atoms with Gasteiger partial charge in [-0.2, -0.15) is 0 Å². The Kier molecular flexibility index (Phi) is 5.70. The molecule has 4 rings (SSSR count). The molecule has 0 aliphatic carbocycles. The number of carbonyl (C=O) groups excluding carboxylic acids is 2. The zero-order valence-electron chi connectivity index (χ0n) is 23.7. The van der Waals surface area contributed by atoms with Crippen molar-refractivity contribution in [2.75, 3.05) is 13.1 Å². The van der Waals surface area contributed by atoms with Crippen LogP contribution in [0.2, 0.25) is 0 Å². The number of carbonyl (C=O) groups is 2. The lowest BCUT2D eigenvalue weighted by molar-refractivity contribution is -0.189. The average molecular weight is 511 g/mol. The summed E-state index contributed by atoms with van der Waals surface area (Å²) in [6.07, 6.45) is 0.481. The summed E-state index contributed by atoms with van der Waals surface area (Å²) >= 11 is 0. The van der Waals surface area contributed by atoms with Crippen molar-refractivity contribution in [1.82, 2.24) is 20.4 Å². The second kappa shape index (κ2) is 7.48. The predicted molar refractivity (Wildman–Crippen MR) is 134 cm³/mol. The van der Waals surface area contributed by atoms with E-state index in [0.717, 1.165) is 0 Å². The number of rotatable bonds is 3. The van der Waals surface area contributed by atoms with E-state index < -0.39 is 34.8 Å². The first-order valence-corrected chi connectivity index (χ1v) is 13.0. The van der Waals surface area contributed by atoms with Crippen molar-refractivity contribution in [3.8, 4) is 0 Å². The smallest absolute Gasteiger partial charge is 0.412 e. The standard InChI is InChI=1S/C26H46N4O6/c1-19(2)13-25(14-20(3,4)27-19)23(9,33)29(17(31)35-25)11-12-30-18(32)36-26(24(30,10)34)15-21(5,6)28-22(7,8)16-26/h27-28,33-34H,11-16H2,1-10H3. The number of piperidine rings is 2. The van der Waals surface area contributed by atoms with Gasteiger partial charge in [0.2, 0.25) is 0 Å². The van der Waals surface area contributed by atoms with Crippen molar-refractivity contribution in [2.24, 2.45) is 0 Å². The summed E-state index contributed by atoms with van der Waals surface area (Å²) in [5.74, 6) is 0. The number of hydrogen-bond acceptors (Lipinski definition) is 8. The minimum Gasteiger partial charge on any atom is -0.437 e. The third-order valence-corrected chi connectivity index (χ3v) is 8.59. The van der Waals surface area contributed by atoms with Gasteiger partial charge in [0.05, 0.1) is 0 Å². The Morgan fingerprint density at radius 3 is 1.11 bits per heavy atom. The molecule has 0 aromatic carbocycles. The molecule has 4 aliphatic heterocycles. The number of nitrogens with one attached hydrogen (secondary N) is 2. The molecule has 4 aliphatic rings. The second-order valence-electron chi connectivity index (χ2n) is 14.6. The molecular formula is C26H46N4O6. The van der Waals surface area contributed by atoms with E-state index in [1.165, 1.54) is 9.80 Å². The monoisotopic (exact) mass is 510 g/mol. The van der Waals surface area contributed by atoms with Crippen molar-refractivity contribution < 1.29 is 29.3 Å².